The molecular weight excluding hydrogens is 144 g/mol. The summed E-state index contributed by atoms with van der Waals surface area (Å²) in [6, 6.07) is 0. The fourth-order valence-electron chi connectivity index (χ4n) is 0.128. The molecule has 0 aromatic heterocycles. The predicted octanol–water partition coefficient (Wildman–Crippen LogP) is -0.875. The van der Waals surface area contributed by atoms with Crippen LogP contribution >= 0.6 is 10.7 Å². The molecular formula is SSi4. The fraction of sp³-hybridized carbons (Fsp3) is 0. The average molecular weight is 144 g/mol. The molecule has 0 aromatic rings. The minimum Gasteiger partial charge on any atom is -0.222 e. The van der Waals surface area contributed by atoms with Crippen molar-refractivity contribution in [2.24, 2.45) is 0 Å². The van der Waals surface area contributed by atoms with E-state index in [4.69, 9.17) is 0 Å². The fourth-order valence-corrected chi connectivity index (χ4v) is 31.0. The molecule has 0 N–H and O–H groups in total. The Balaban J connectivity index is 2.08. The van der Waals surface area contributed by atoms with Gasteiger partial charge in [-0.2, -0.15) is 0 Å². The topological polar surface area (TPSA) is 0 Å². The largest absolute Gasteiger partial charge is 0.222 e. The van der Waals surface area contributed by atoms with Gasteiger partial charge < -0.3 is 0 Å². The summed E-state index contributed by atoms with van der Waals surface area (Å²) in [6.07, 6.45) is 0. The molecule has 1 heterocycles. The standard InChI is InChI=1S/SSi4/c1-2-4-5-3-1. The first kappa shape index (κ1) is 4.38. The summed E-state index contributed by atoms with van der Waals surface area (Å²) in [5.41, 5.74) is 0. The third kappa shape index (κ3) is 1.40. The number of hydrogen-bond donors (Lipinski definition) is 0. The molecule has 0 amide bonds. The highest BCUT2D eigenvalue weighted by atomic mass is 32.5. The normalized spacial score (nSPS) is 24.0. The first-order valence-corrected chi connectivity index (χ1v) is 10.4. The molecule has 0 saturated carbocycles. The molecule has 1 rings (SSSR count). The average Bonchev–Trinajstić information content (AvgIpc) is 1.76. The van der Waals surface area contributed by atoms with E-state index in [0.717, 1.165) is 0 Å². The first-order valence-electron chi connectivity index (χ1n) is 1.16. The SMILES string of the molecule is [Si]1[Si][Si]S[Si]1. The number of rotatable bonds is 0. The Morgan fingerprint density at radius 2 is 1.60 bits per heavy atom. The van der Waals surface area contributed by atoms with E-state index >= 15 is 0 Å². The van der Waals surface area contributed by atoms with Gasteiger partial charge in [0.15, 0.2) is 0 Å². The zero-order valence-corrected chi connectivity index (χ0v) is 7.22. The highest BCUT2D eigenvalue weighted by Gasteiger charge is 2.01. The van der Waals surface area contributed by atoms with Gasteiger partial charge in [-0.05, 0) is 0 Å². The van der Waals surface area contributed by atoms with E-state index in [9.17, 15) is 0 Å². The van der Waals surface area contributed by atoms with Crippen LogP contribution in [0.4, 0.5) is 0 Å². The van der Waals surface area contributed by atoms with E-state index in [-0.39, 0.29) is 0 Å². The Kier molecular flexibility index (Phi) is 2.10. The third-order valence-corrected chi connectivity index (χ3v) is 21.6. The van der Waals surface area contributed by atoms with Gasteiger partial charge >= 0.3 is 0 Å². The summed E-state index contributed by atoms with van der Waals surface area (Å²) in [5.74, 6) is 0. The molecule has 0 spiro atoms. The van der Waals surface area contributed by atoms with Gasteiger partial charge in [0.2, 0.25) is 0 Å². The Morgan fingerprint density at radius 3 is 1.80 bits per heavy atom. The van der Waals surface area contributed by atoms with Gasteiger partial charge in [-0.15, -0.1) is 0 Å². The summed E-state index contributed by atoms with van der Waals surface area (Å²) in [7, 11) is 7.39. The predicted molar refractivity (Wildman–Crippen MR) is 30.6 cm³/mol. The van der Waals surface area contributed by atoms with Gasteiger partial charge in [-0.1, -0.05) is 0 Å². The van der Waals surface area contributed by atoms with Crippen molar-refractivity contribution in [1.29, 1.82) is 0 Å². The lowest BCUT2D eigenvalue weighted by Crippen LogP contribution is -2.00. The quantitative estimate of drug-likeness (QED) is 0.398. The maximum atomic E-state index is 2.15. The monoisotopic (exact) mass is 144 g/mol. The minimum atomic E-state index is 1.28. The zero-order chi connectivity index (χ0) is 3.54. The van der Waals surface area contributed by atoms with Crippen LogP contribution < -0.4 is 0 Å². The van der Waals surface area contributed by atoms with E-state index in [1.54, 1.807) is 0 Å². The molecule has 0 nitrogen and oxygen atoms in total. The highest BCUT2D eigenvalue weighted by Crippen LogP contribution is 1.94. The van der Waals surface area contributed by atoms with E-state index in [2.05, 4.69) is 10.7 Å². The lowest BCUT2D eigenvalue weighted by molar-refractivity contribution is 4.14. The van der Waals surface area contributed by atoms with Crippen molar-refractivity contribution in [1.82, 2.24) is 0 Å². The lowest BCUT2D eigenvalue weighted by atomic mass is 26.5. The molecule has 8 radical (unpaired) electrons. The Bertz CT molecular complexity index is 15.2. The number of hydrogen-bond acceptors (Lipinski definition) is 1. The summed E-state index contributed by atoms with van der Waals surface area (Å²) < 4.78 is 0. The van der Waals surface area contributed by atoms with Crippen LogP contribution in [-0.4, -0.2) is 33.5 Å². The second-order valence-corrected chi connectivity index (χ2v) is 15.0. The molecule has 5 heteroatoms. The van der Waals surface area contributed by atoms with Crippen LogP contribution in [0.5, 0.6) is 0 Å². The minimum absolute atomic E-state index is 1.28. The van der Waals surface area contributed by atoms with E-state index in [1.807, 2.05) is 0 Å². The van der Waals surface area contributed by atoms with Crippen LogP contribution in [0.3, 0.4) is 0 Å². The van der Waals surface area contributed by atoms with Crippen molar-refractivity contribution in [3.8, 4) is 0 Å². The Hall–Kier alpha value is 1.22. The van der Waals surface area contributed by atoms with E-state index < -0.39 is 0 Å². The van der Waals surface area contributed by atoms with Gasteiger partial charge in [0, 0.05) is 17.1 Å². The maximum Gasteiger partial charge on any atom is 0.0910 e. The van der Waals surface area contributed by atoms with Gasteiger partial charge in [0.25, 0.3) is 0 Å². The molecule has 1 aliphatic rings. The van der Waals surface area contributed by atoms with Crippen molar-refractivity contribution >= 4 is 44.1 Å². The second kappa shape index (κ2) is 2.40. The van der Waals surface area contributed by atoms with Crippen LogP contribution in [0, 0.1) is 0 Å². The molecule has 0 aliphatic carbocycles. The molecule has 0 unspecified atom stereocenters. The van der Waals surface area contributed by atoms with Crippen molar-refractivity contribution in [3.63, 3.8) is 0 Å². The Morgan fingerprint density at radius 1 is 1.00 bits per heavy atom. The van der Waals surface area contributed by atoms with Crippen molar-refractivity contribution in [2.75, 3.05) is 0 Å². The molecule has 0 bridgehead atoms. The van der Waals surface area contributed by atoms with Crippen molar-refractivity contribution in [3.05, 3.63) is 0 Å². The lowest BCUT2D eigenvalue weighted by Gasteiger charge is -1.67. The smallest absolute Gasteiger partial charge is 0.0910 e. The Labute approximate surface area is 44.4 Å². The van der Waals surface area contributed by atoms with Crippen LogP contribution in [0.1, 0.15) is 0 Å². The molecule has 0 aromatic carbocycles. The van der Waals surface area contributed by atoms with Gasteiger partial charge in [-0.3, -0.25) is 0 Å². The van der Waals surface area contributed by atoms with E-state index in [0.29, 0.717) is 0 Å². The summed E-state index contributed by atoms with van der Waals surface area (Å²) in [5, 5.41) is 0. The highest BCUT2D eigenvalue weighted by molar-refractivity contribution is 8.51. The summed E-state index contributed by atoms with van der Waals surface area (Å²) in [6.45, 7) is 0. The summed E-state index contributed by atoms with van der Waals surface area (Å²) >= 11 is 0. The summed E-state index contributed by atoms with van der Waals surface area (Å²) in [4.78, 5) is 0. The van der Waals surface area contributed by atoms with Gasteiger partial charge in [0.05, 0.1) is 16.4 Å². The molecule has 1 saturated heterocycles. The van der Waals surface area contributed by atoms with Crippen molar-refractivity contribution < 1.29 is 0 Å². The van der Waals surface area contributed by atoms with E-state index in [1.165, 1.54) is 33.5 Å². The molecule has 5 heavy (non-hydrogen) atoms. The van der Waals surface area contributed by atoms with Crippen LogP contribution in [0.25, 0.3) is 0 Å². The first-order chi connectivity index (χ1) is 2.50. The molecule has 1 fully saturated rings. The zero-order valence-electron chi connectivity index (χ0n) is 2.41. The van der Waals surface area contributed by atoms with Crippen LogP contribution in [0.2, 0.25) is 0 Å². The molecule has 1 aliphatic heterocycles. The second-order valence-electron chi connectivity index (χ2n) is 0.556. The van der Waals surface area contributed by atoms with Gasteiger partial charge in [-0.25, -0.2) is 10.7 Å². The molecule has 22 valence electrons. The third-order valence-electron chi connectivity index (χ3n) is 0.267. The van der Waals surface area contributed by atoms with Gasteiger partial charge in [0.1, 0.15) is 0 Å². The molecule has 0 atom stereocenters. The van der Waals surface area contributed by atoms with Crippen LogP contribution in [0.15, 0.2) is 0 Å². The van der Waals surface area contributed by atoms with Crippen LogP contribution in [-0.2, 0) is 0 Å². The van der Waals surface area contributed by atoms with Crippen molar-refractivity contribution in [2.45, 2.75) is 0 Å². The maximum absolute atomic E-state index is 2.15.